The zero-order chi connectivity index (χ0) is 15.3. The molecule has 0 amide bonds. The van der Waals surface area contributed by atoms with Gasteiger partial charge in [-0.15, -0.1) is 0 Å². The number of nitrogens with one attached hydrogen (secondary N) is 1. The molecule has 0 radical (unpaired) electrons. The first kappa shape index (κ1) is 16.3. The molecule has 0 saturated heterocycles. The molecule has 0 spiro atoms. The molecule has 0 bridgehead atoms. The normalized spacial score (nSPS) is 16.6. The third-order valence-corrected chi connectivity index (χ3v) is 3.78. The Morgan fingerprint density at radius 1 is 1.19 bits per heavy atom. The predicted octanol–water partition coefficient (Wildman–Crippen LogP) is 3.79. The maximum absolute atomic E-state index is 12.2. The van der Waals surface area contributed by atoms with Gasteiger partial charge in [0.15, 0.2) is 0 Å². The second kappa shape index (κ2) is 7.27. The lowest BCUT2D eigenvalue weighted by Gasteiger charge is -2.22. The molecule has 0 aromatic heterocycles. The predicted molar refractivity (Wildman–Crippen MR) is 76.4 cm³/mol. The summed E-state index contributed by atoms with van der Waals surface area (Å²) in [4.78, 5) is 0. The van der Waals surface area contributed by atoms with E-state index in [2.05, 4.69) is 17.4 Å². The standard InChI is InChI=1S/C16H22F3NO/c1-2-20-15(10-21-11-16(17,18)19)14-8-7-12-5-3-4-6-13(12)9-14/h7-9,15,20H,2-6,10-11H2,1H3. The fourth-order valence-electron chi connectivity index (χ4n) is 2.78. The molecule has 1 aromatic rings. The molecule has 21 heavy (non-hydrogen) atoms. The minimum atomic E-state index is -4.27. The van der Waals surface area contributed by atoms with Gasteiger partial charge in [-0.3, -0.25) is 0 Å². The van der Waals surface area contributed by atoms with Gasteiger partial charge in [0.25, 0.3) is 0 Å². The number of hydrogen-bond donors (Lipinski definition) is 1. The highest BCUT2D eigenvalue weighted by atomic mass is 19.4. The molecule has 1 atom stereocenters. The van der Waals surface area contributed by atoms with Crippen LogP contribution in [0.25, 0.3) is 0 Å². The number of ether oxygens (including phenoxy) is 1. The van der Waals surface area contributed by atoms with E-state index in [0.717, 1.165) is 18.4 Å². The van der Waals surface area contributed by atoms with E-state index in [9.17, 15) is 13.2 Å². The van der Waals surface area contributed by atoms with Crippen molar-refractivity contribution in [1.29, 1.82) is 0 Å². The van der Waals surface area contributed by atoms with Crippen LogP contribution in [0.5, 0.6) is 0 Å². The third kappa shape index (κ3) is 5.00. The highest BCUT2D eigenvalue weighted by Gasteiger charge is 2.28. The number of hydrogen-bond acceptors (Lipinski definition) is 2. The van der Waals surface area contributed by atoms with Crippen molar-refractivity contribution in [3.63, 3.8) is 0 Å². The average Bonchev–Trinajstić information content (AvgIpc) is 2.44. The highest BCUT2D eigenvalue weighted by molar-refractivity contribution is 5.35. The molecule has 1 N–H and O–H groups in total. The smallest absolute Gasteiger partial charge is 0.370 e. The van der Waals surface area contributed by atoms with Crippen LogP contribution in [-0.2, 0) is 17.6 Å². The van der Waals surface area contributed by atoms with Crippen LogP contribution in [-0.4, -0.2) is 25.9 Å². The maximum Gasteiger partial charge on any atom is 0.411 e. The van der Waals surface area contributed by atoms with Gasteiger partial charge in [0.05, 0.1) is 12.6 Å². The number of fused-ring (bicyclic) bond motifs is 1. The van der Waals surface area contributed by atoms with Gasteiger partial charge in [-0.25, -0.2) is 0 Å². The largest absolute Gasteiger partial charge is 0.411 e. The Morgan fingerprint density at radius 3 is 2.57 bits per heavy atom. The number of likely N-dealkylation sites (N-methyl/N-ethyl adjacent to an activating group) is 1. The summed E-state index contributed by atoms with van der Waals surface area (Å²) in [7, 11) is 0. The van der Waals surface area contributed by atoms with Crippen molar-refractivity contribution in [3.8, 4) is 0 Å². The summed E-state index contributed by atoms with van der Waals surface area (Å²) >= 11 is 0. The maximum atomic E-state index is 12.2. The zero-order valence-electron chi connectivity index (χ0n) is 12.3. The average molecular weight is 301 g/mol. The topological polar surface area (TPSA) is 21.3 Å². The molecule has 1 aliphatic rings. The summed E-state index contributed by atoms with van der Waals surface area (Å²) in [6, 6.07) is 6.05. The third-order valence-electron chi connectivity index (χ3n) is 3.78. The highest BCUT2D eigenvalue weighted by Crippen LogP contribution is 2.25. The SMILES string of the molecule is CCNC(COCC(F)(F)F)c1ccc2c(c1)CCCC2. The van der Waals surface area contributed by atoms with Crippen molar-refractivity contribution in [2.45, 2.75) is 44.8 Å². The molecule has 1 aliphatic carbocycles. The van der Waals surface area contributed by atoms with Crippen LogP contribution < -0.4 is 5.32 Å². The summed E-state index contributed by atoms with van der Waals surface area (Å²) in [5, 5.41) is 3.20. The molecule has 0 saturated carbocycles. The number of aryl methyl sites for hydroxylation is 2. The van der Waals surface area contributed by atoms with Crippen LogP contribution in [0.3, 0.4) is 0 Å². The fraction of sp³-hybridized carbons (Fsp3) is 0.625. The molecule has 2 nitrogen and oxygen atoms in total. The lowest BCUT2D eigenvalue weighted by molar-refractivity contribution is -0.175. The molecular weight excluding hydrogens is 279 g/mol. The van der Waals surface area contributed by atoms with E-state index >= 15 is 0 Å². The van der Waals surface area contributed by atoms with Crippen LogP contribution in [0.15, 0.2) is 18.2 Å². The Hall–Kier alpha value is -1.07. The second-order valence-electron chi connectivity index (χ2n) is 5.48. The Kier molecular flexibility index (Phi) is 5.65. The first-order valence-electron chi connectivity index (χ1n) is 7.49. The van der Waals surface area contributed by atoms with Gasteiger partial charge in [0.1, 0.15) is 6.61 Å². The van der Waals surface area contributed by atoms with Crippen molar-refractivity contribution >= 4 is 0 Å². The summed E-state index contributed by atoms with van der Waals surface area (Å²) in [6.07, 6.45) is 0.300. The zero-order valence-corrected chi connectivity index (χ0v) is 12.3. The van der Waals surface area contributed by atoms with Gasteiger partial charge in [-0.05, 0) is 48.9 Å². The lowest BCUT2D eigenvalue weighted by Crippen LogP contribution is -2.28. The molecule has 0 fully saturated rings. The molecule has 1 unspecified atom stereocenters. The summed E-state index contributed by atoms with van der Waals surface area (Å²) in [5.41, 5.74) is 3.72. The number of rotatable bonds is 6. The molecule has 2 rings (SSSR count). The van der Waals surface area contributed by atoms with Crippen LogP contribution in [0.2, 0.25) is 0 Å². The number of benzene rings is 1. The summed E-state index contributed by atoms with van der Waals surface area (Å²) in [6.45, 7) is 1.47. The Balaban J connectivity index is 2.03. The fourth-order valence-corrected chi connectivity index (χ4v) is 2.78. The van der Waals surface area contributed by atoms with Gasteiger partial charge in [0.2, 0.25) is 0 Å². The molecule has 5 heteroatoms. The van der Waals surface area contributed by atoms with Crippen molar-refractivity contribution < 1.29 is 17.9 Å². The Labute approximate surface area is 123 Å². The number of halogens is 3. The van der Waals surface area contributed by atoms with Gasteiger partial charge in [-0.1, -0.05) is 25.1 Å². The van der Waals surface area contributed by atoms with Crippen LogP contribution in [0.1, 0.15) is 42.5 Å². The van der Waals surface area contributed by atoms with Gasteiger partial charge in [0, 0.05) is 0 Å². The summed E-state index contributed by atoms with van der Waals surface area (Å²) < 4.78 is 41.3. The van der Waals surface area contributed by atoms with Crippen LogP contribution in [0.4, 0.5) is 13.2 Å². The summed E-state index contributed by atoms with van der Waals surface area (Å²) in [5.74, 6) is 0. The monoisotopic (exact) mass is 301 g/mol. The van der Waals surface area contributed by atoms with Gasteiger partial charge >= 0.3 is 6.18 Å². The van der Waals surface area contributed by atoms with Crippen molar-refractivity contribution in [3.05, 3.63) is 34.9 Å². The van der Waals surface area contributed by atoms with E-state index in [1.807, 2.05) is 13.0 Å². The van der Waals surface area contributed by atoms with Gasteiger partial charge < -0.3 is 10.1 Å². The van der Waals surface area contributed by atoms with Gasteiger partial charge in [-0.2, -0.15) is 13.2 Å². The Morgan fingerprint density at radius 2 is 1.90 bits per heavy atom. The lowest BCUT2D eigenvalue weighted by atomic mass is 9.89. The van der Waals surface area contributed by atoms with Crippen LogP contribution >= 0.6 is 0 Å². The van der Waals surface area contributed by atoms with E-state index in [-0.39, 0.29) is 12.6 Å². The van der Waals surface area contributed by atoms with E-state index in [1.54, 1.807) is 0 Å². The minimum absolute atomic E-state index is 0.0339. The first-order chi connectivity index (χ1) is 9.99. The van der Waals surface area contributed by atoms with Crippen molar-refractivity contribution in [2.75, 3.05) is 19.8 Å². The van der Waals surface area contributed by atoms with Crippen molar-refractivity contribution in [2.24, 2.45) is 0 Å². The molecule has 118 valence electrons. The Bertz CT molecular complexity index is 459. The van der Waals surface area contributed by atoms with E-state index in [0.29, 0.717) is 6.54 Å². The van der Waals surface area contributed by atoms with E-state index in [4.69, 9.17) is 4.74 Å². The quantitative estimate of drug-likeness (QED) is 0.863. The molecule has 0 heterocycles. The number of alkyl halides is 3. The second-order valence-corrected chi connectivity index (χ2v) is 5.48. The first-order valence-corrected chi connectivity index (χ1v) is 7.49. The molecule has 1 aromatic carbocycles. The van der Waals surface area contributed by atoms with Crippen molar-refractivity contribution in [1.82, 2.24) is 5.32 Å². The molecular formula is C16H22F3NO. The minimum Gasteiger partial charge on any atom is -0.370 e. The molecule has 0 aliphatic heterocycles. The van der Waals surface area contributed by atoms with E-state index in [1.165, 1.54) is 24.0 Å². The van der Waals surface area contributed by atoms with Crippen LogP contribution in [0, 0.1) is 0 Å². The van der Waals surface area contributed by atoms with E-state index < -0.39 is 12.8 Å².